The molecule has 0 bridgehead atoms. The molecule has 0 saturated carbocycles. The average molecular weight is 774 g/mol. The molecule has 0 N–H and O–H groups in total. The molecule has 0 spiro atoms. The summed E-state index contributed by atoms with van der Waals surface area (Å²) in [5.41, 5.74) is 9.38. The zero-order valence-electron chi connectivity index (χ0n) is 26.3. The van der Waals surface area contributed by atoms with E-state index in [9.17, 15) is 0 Å². The Morgan fingerprint density at radius 2 is 0.897 bits per heavy atom. The predicted molar refractivity (Wildman–Crippen MR) is 160 cm³/mol. The first-order valence-electron chi connectivity index (χ1n) is 14.6. The van der Waals surface area contributed by atoms with E-state index in [0.29, 0.717) is 0 Å². The van der Waals surface area contributed by atoms with E-state index >= 15 is 0 Å². The Morgan fingerprint density at radius 3 is 1.21 bits per heavy atom. The molecule has 0 atom stereocenters. The molecule has 2 aliphatic rings. The van der Waals surface area contributed by atoms with Gasteiger partial charge in [-0.25, -0.2) is 0 Å². The van der Waals surface area contributed by atoms with Gasteiger partial charge in [-0.05, 0) is 47.8 Å². The van der Waals surface area contributed by atoms with Crippen LogP contribution in [0.15, 0.2) is 12.1 Å². The normalized spacial score (nSPS) is 15.7. The molecule has 0 saturated heterocycles. The minimum atomic E-state index is -1.89. The Bertz CT molecular complexity index is 1000. The topological polar surface area (TPSA) is 18.5 Å². The van der Waals surface area contributed by atoms with Crippen LogP contribution < -0.4 is 33.7 Å². The van der Waals surface area contributed by atoms with Gasteiger partial charge in [-0.2, -0.15) is 33.4 Å². The van der Waals surface area contributed by atoms with Gasteiger partial charge in [0.2, 0.25) is 16.6 Å². The molecule has 0 amide bonds. The van der Waals surface area contributed by atoms with Gasteiger partial charge < -0.3 is 33.7 Å². The second-order valence-electron chi connectivity index (χ2n) is 14.6. The van der Waals surface area contributed by atoms with Gasteiger partial charge in [-0.15, -0.1) is 12.1 Å². The quantitative estimate of drug-likeness (QED) is 0.318. The van der Waals surface area contributed by atoms with Crippen molar-refractivity contribution in [2.45, 2.75) is 142 Å². The van der Waals surface area contributed by atoms with Gasteiger partial charge in [0.05, 0.1) is 0 Å². The maximum absolute atomic E-state index is 7.00. The van der Waals surface area contributed by atoms with E-state index in [-0.39, 0.29) is 60.7 Å². The molecule has 0 unspecified atom stereocenters. The van der Waals surface area contributed by atoms with Gasteiger partial charge in [-0.1, -0.05) is 106 Å². The molecule has 0 radical (unpaired) electrons. The average Bonchev–Trinajstić information content (AvgIpc) is 3.27. The number of aryl methyl sites for hydroxylation is 2. The monoisotopic (exact) mass is 774 g/mol. The van der Waals surface area contributed by atoms with Crippen molar-refractivity contribution in [3.63, 3.8) is 0 Å². The fourth-order valence-corrected chi connectivity index (χ4v) is 7.57. The summed E-state index contributed by atoms with van der Waals surface area (Å²) in [4.78, 5) is 0. The fourth-order valence-electron chi connectivity index (χ4n) is 5.49. The summed E-state index contributed by atoms with van der Waals surface area (Å²) >= 11 is 0. The van der Waals surface area contributed by atoms with Crippen LogP contribution in [0.2, 0.25) is 36.3 Å². The van der Waals surface area contributed by atoms with Gasteiger partial charge in [-0.3, -0.25) is 0 Å². The van der Waals surface area contributed by atoms with Crippen LogP contribution in [0.5, 0.6) is 11.5 Å². The molecule has 2 nitrogen and oxygen atoms in total. The van der Waals surface area contributed by atoms with Crippen LogP contribution in [0.4, 0.5) is 0 Å². The third-order valence-corrected chi connectivity index (χ3v) is 18.6. The van der Waals surface area contributed by atoms with Crippen molar-refractivity contribution >= 4 is 16.6 Å². The standard InChI is InChI=1S/C32H52O2Si2.2ClH.Hf/c1-31(2,3)35(7,8)33-29-21-23-15-11-13-17-25(23)27(29)19-20-28-26-18-14-12-16-24(26)22-30(28)34-36(9,10)32(4,5)6;;;/h21-22H,11-20H2,1-10H3;2*1H;/q-2;;;+4/p-2. The van der Waals surface area contributed by atoms with Crippen LogP contribution in [0.25, 0.3) is 0 Å². The Kier molecular flexibility index (Phi) is 13.0. The third kappa shape index (κ3) is 7.97. The summed E-state index contributed by atoms with van der Waals surface area (Å²) in [6.45, 7) is 23.7. The van der Waals surface area contributed by atoms with Gasteiger partial charge in [0, 0.05) is 0 Å². The molecular formula is C32H52Cl2HfO2Si2. The second kappa shape index (κ2) is 13.7. The Balaban J connectivity index is 0.00000253. The summed E-state index contributed by atoms with van der Waals surface area (Å²) in [5.74, 6) is 2.42. The number of hydrogen-bond acceptors (Lipinski definition) is 2. The van der Waals surface area contributed by atoms with Gasteiger partial charge in [0.15, 0.2) is 0 Å². The summed E-state index contributed by atoms with van der Waals surface area (Å²) < 4.78 is 14.0. The number of halogens is 2. The van der Waals surface area contributed by atoms with E-state index in [2.05, 4.69) is 79.9 Å². The molecule has 2 aliphatic carbocycles. The minimum absolute atomic E-state index is 0. The van der Waals surface area contributed by atoms with Crippen molar-refractivity contribution in [3.8, 4) is 11.5 Å². The van der Waals surface area contributed by atoms with E-state index in [1.165, 1.54) is 74.0 Å². The second-order valence-corrected chi connectivity index (χ2v) is 24.1. The van der Waals surface area contributed by atoms with Crippen molar-refractivity contribution in [2.24, 2.45) is 0 Å². The van der Waals surface area contributed by atoms with Crippen LogP contribution >= 0.6 is 0 Å². The summed E-state index contributed by atoms with van der Waals surface area (Å²) in [5, 5.41) is 0.411. The molecule has 2 aromatic rings. The molecule has 2 aromatic carbocycles. The molecular weight excluding hydrogens is 722 g/mol. The van der Waals surface area contributed by atoms with Crippen molar-refractivity contribution in [3.05, 3.63) is 45.5 Å². The molecule has 218 valence electrons. The maximum Gasteiger partial charge on any atom is 4.00 e. The minimum Gasteiger partial charge on any atom is -1.00 e. The van der Waals surface area contributed by atoms with Crippen LogP contribution in [-0.4, -0.2) is 16.6 Å². The Morgan fingerprint density at radius 1 is 0.590 bits per heavy atom. The van der Waals surface area contributed by atoms with Gasteiger partial charge in [0.1, 0.15) is 0 Å². The number of rotatable bonds is 7. The summed E-state index contributed by atoms with van der Waals surface area (Å²) in [7, 11) is -3.79. The number of fused-ring (bicyclic) bond motifs is 2. The van der Waals surface area contributed by atoms with E-state index in [4.69, 9.17) is 8.85 Å². The molecule has 0 aliphatic heterocycles. The van der Waals surface area contributed by atoms with Crippen LogP contribution in [-0.2, 0) is 64.4 Å². The van der Waals surface area contributed by atoms with E-state index in [0.717, 1.165) is 12.8 Å². The first kappa shape index (κ1) is 37.2. The van der Waals surface area contributed by atoms with Gasteiger partial charge >= 0.3 is 25.8 Å². The molecule has 0 fully saturated rings. The first-order valence-corrected chi connectivity index (χ1v) is 20.4. The molecule has 7 heteroatoms. The van der Waals surface area contributed by atoms with Crippen molar-refractivity contribution < 1.29 is 59.5 Å². The fraction of sp³-hybridized carbons (Fsp3) is 0.688. The van der Waals surface area contributed by atoms with Crippen LogP contribution in [0.3, 0.4) is 0 Å². The summed E-state index contributed by atoms with van der Waals surface area (Å²) in [6, 6.07) is 4.86. The Labute approximate surface area is 273 Å². The van der Waals surface area contributed by atoms with E-state index < -0.39 is 16.6 Å². The SMILES string of the molecule is CC(C)(C)[Si](C)(C)Oc1[cH-]c2c(c1CCc1c(O[Si](C)(C)C(C)(C)C)[cH-]c3c1CCCC3)CCCC2.[Cl-].[Cl-].[Hf+4]. The predicted octanol–water partition coefficient (Wildman–Crippen LogP) is 3.44. The first-order chi connectivity index (χ1) is 16.6. The molecule has 39 heavy (non-hydrogen) atoms. The Hall–Kier alpha value is 0.184. The molecule has 0 heterocycles. The zero-order valence-corrected chi connectivity index (χ0v) is 33.4. The van der Waals surface area contributed by atoms with E-state index in [1.54, 1.807) is 22.3 Å². The smallest absolute Gasteiger partial charge is 1.00 e. The maximum atomic E-state index is 7.00. The third-order valence-electron chi connectivity index (χ3n) is 9.92. The van der Waals surface area contributed by atoms with Gasteiger partial charge in [0.25, 0.3) is 0 Å². The van der Waals surface area contributed by atoms with Crippen molar-refractivity contribution in [1.29, 1.82) is 0 Å². The van der Waals surface area contributed by atoms with Crippen LogP contribution in [0, 0.1) is 0 Å². The largest absolute Gasteiger partial charge is 4.00 e. The molecule has 4 rings (SSSR count). The molecule has 0 aromatic heterocycles. The summed E-state index contributed by atoms with van der Waals surface area (Å²) in [6.07, 6.45) is 12.3. The van der Waals surface area contributed by atoms with Crippen molar-refractivity contribution in [2.75, 3.05) is 0 Å². The van der Waals surface area contributed by atoms with E-state index in [1.807, 2.05) is 0 Å². The van der Waals surface area contributed by atoms with Crippen molar-refractivity contribution in [1.82, 2.24) is 0 Å². The number of hydrogen-bond donors (Lipinski definition) is 0. The van der Waals surface area contributed by atoms with Crippen LogP contribution in [0.1, 0.15) is 101 Å². The zero-order chi connectivity index (χ0) is 26.5.